The van der Waals surface area contributed by atoms with E-state index in [4.69, 9.17) is 16.3 Å². The van der Waals surface area contributed by atoms with E-state index in [1.54, 1.807) is 0 Å². The van der Waals surface area contributed by atoms with Gasteiger partial charge in [0.1, 0.15) is 5.15 Å². The highest BCUT2D eigenvalue weighted by Crippen LogP contribution is 2.27. The first-order valence-electron chi connectivity index (χ1n) is 8.02. The molecule has 0 saturated heterocycles. The zero-order valence-corrected chi connectivity index (χ0v) is 15.4. The Kier molecular flexibility index (Phi) is 6.15. The number of nitrogens with one attached hydrogen (secondary N) is 1. The van der Waals surface area contributed by atoms with E-state index in [1.165, 1.54) is 25.3 Å². The Morgan fingerprint density at radius 3 is 2.48 bits per heavy atom. The van der Waals surface area contributed by atoms with E-state index in [9.17, 15) is 9.59 Å². The third-order valence-corrected chi connectivity index (χ3v) is 4.01. The minimum absolute atomic E-state index is 0.239. The molecule has 1 heterocycles. The number of carbonyl (C=O) groups excluding carboxylic acids is 2. The average Bonchev–Trinajstić information content (AvgIpc) is 2.56. The lowest BCUT2D eigenvalue weighted by Crippen LogP contribution is -2.30. The van der Waals surface area contributed by atoms with Crippen LogP contribution in [0.15, 0.2) is 36.5 Å². The summed E-state index contributed by atoms with van der Waals surface area (Å²) in [4.78, 5) is 28.3. The second-order valence-corrected chi connectivity index (χ2v) is 6.49. The van der Waals surface area contributed by atoms with Crippen molar-refractivity contribution in [1.29, 1.82) is 0 Å². The number of para-hydroxylation sites is 1. The van der Waals surface area contributed by atoms with Crippen LogP contribution in [0.25, 0.3) is 0 Å². The summed E-state index contributed by atoms with van der Waals surface area (Å²) in [7, 11) is 0. The normalized spacial score (nSPS) is 11.9. The topological polar surface area (TPSA) is 68.3 Å². The molecule has 5 nitrogen and oxygen atoms in total. The molecule has 1 aromatic heterocycles. The number of anilines is 1. The maximum absolute atomic E-state index is 12.4. The summed E-state index contributed by atoms with van der Waals surface area (Å²) in [5.41, 5.74) is 3.00. The summed E-state index contributed by atoms with van der Waals surface area (Å²) in [6.07, 6.45) is 0.371. The summed E-state index contributed by atoms with van der Waals surface area (Å²) in [6.45, 7) is 7.57. The fraction of sp³-hybridized carbons (Fsp3) is 0.316. The minimum atomic E-state index is -0.942. The Labute approximate surface area is 152 Å². The van der Waals surface area contributed by atoms with E-state index in [2.05, 4.69) is 24.1 Å². The smallest absolute Gasteiger partial charge is 0.340 e. The van der Waals surface area contributed by atoms with Crippen LogP contribution in [-0.2, 0) is 9.53 Å². The van der Waals surface area contributed by atoms with Gasteiger partial charge in [0.25, 0.3) is 5.91 Å². The fourth-order valence-electron chi connectivity index (χ4n) is 2.35. The zero-order chi connectivity index (χ0) is 18.6. The van der Waals surface area contributed by atoms with Crippen molar-refractivity contribution in [1.82, 2.24) is 4.98 Å². The van der Waals surface area contributed by atoms with Crippen LogP contribution in [0.1, 0.15) is 48.2 Å². The highest BCUT2D eigenvalue weighted by molar-refractivity contribution is 6.29. The number of pyridine rings is 1. The molecule has 0 bridgehead atoms. The zero-order valence-electron chi connectivity index (χ0n) is 14.7. The minimum Gasteiger partial charge on any atom is -0.449 e. The van der Waals surface area contributed by atoms with Crippen molar-refractivity contribution >= 4 is 29.2 Å². The number of rotatable bonds is 5. The second kappa shape index (κ2) is 8.12. The maximum atomic E-state index is 12.4. The molecule has 6 heteroatoms. The van der Waals surface area contributed by atoms with E-state index >= 15 is 0 Å². The molecule has 1 N–H and O–H groups in total. The van der Waals surface area contributed by atoms with Crippen LogP contribution < -0.4 is 5.32 Å². The van der Waals surface area contributed by atoms with Gasteiger partial charge < -0.3 is 10.1 Å². The lowest BCUT2D eigenvalue weighted by Gasteiger charge is -2.19. The molecule has 0 saturated carbocycles. The Bertz CT molecular complexity index is 773. The number of aromatic nitrogens is 1. The number of aryl methyl sites for hydroxylation is 1. The van der Waals surface area contributed by atoms with Gasteiger partial charge in [-0.3, -0.25) is 4.79 Å². The number of esters is 1. The van der Waals surface area contributed by atoms with Gasteiger partial charge in [0.2, 0.25) is 0 Å². The predicted octanol–water partition coefficient (Wildman–Crippen LogP) is 4.35. The van der Waals surface area contributed by atoms with Crippen LogP contribution >= 0.6 is 11.6 Å². The number of hydrogen-bond acceptors (Lipinski definition) is 4. The standard InChI is InChI=1S/C19H21ClN2O3/c1-11(2)15-7-5-6-12(3)17(15)22-18(23)13(4)25-19(24)14-8-9-16(20)21-10-14/h5-11,13H,1-4H3,(H,22,23)/t13-/m0/s1. The second-order valence-electron chi connectivity index (χ2n) is 6.10. The van der Waals surface area contributed by atoms with Crippen LogP contribution in [0, 0.1) is 6.92 Å². The summed E-state index contributed by atoms with van der Waals surface area (Å²) in [6, 6.07) is 8.85. The Balaban J connectivity index is 2.08. The molecule has 0 fully saturated rings. The lowest BCUT2D eigenvalue weighted by molar-refractivity contribution is -0.123. The molecule has 132 valence electrons. The van der Waals surface area contributed by atoms with E-state index in [1.807, 2.05) is 25.1 Å². The first-order valence-corrected chi connectivity index (χ1v) is 8.40. The number of carbonyl (C=O) groups is 2. The fourth-order valence-corrected chi connectivity index (χ4v) is 2.46. The van der Waals surface area contributed by atoms with E-state index in [0.717, 1.165) is 16.8 Å². The van der Waals surface area contributed by atoms with Crippen LogP contribution in [0.5, 0.6) is 0 Å². The van der Waals surface area contributed by atoms with Gasteiger partial charge in [0.15, 0.2) is 6.10 Å². The number of benzene rings is 1. The highest BCUT2D eigenvalue weighted by atomic mass is 35.5. The summed E-state index contributed by atoms with van der Waals surface area (Å²) in [5, 5.41) is 3.15. The molecule has 0 aliphatic carbocycles. The van der Waals surface area contributed by atoms with E-state index in [-0.39, 0.29) is 22.5 Å². The number of amides is 1. The van der Waals surface area contributed by atoms with E-state index in [0.29, 0.717) is 0 Å². The van der Waals surface area contributed by atoms with Crippen molar-refractivity contribution in [2.45, 2.75) is 39.7 Å². The number of nitrogens with zero attached hydrogens (tertiary/aromatic N) is 1. The Morgan fingerprint density at radius 2 is 1.88 bits per heavy atom. The molecule has 0 spiro atoms. The molecule has 2 aromatic rings. The molecular weight excluding hydrogens is 340 g/mol. The van der Waals surface area contributed by atoms with Crippen molar-refractivity contribution in [3.8, 4) is 0 Å². The van der Waals surface area contributed by atoms with Gasteiger partial charge in [-0.15, -0.1) is 0 Å². The van der Waals surface area contributed by atoms with Gasteiger partial charge in [0, 0.05) is 11.9 Å². The SMILES string of the molecule is Cc1cccc(C(C)C)c1NC(=O)[C@H](C)OC(=O)c1ccc(Cl)nc1. The van der Waals surface area contributed by atoms with Gasteiger partial charge in [0.05, 0.1) is 5.56 Å². The molecular formula is C19H21ClN2O3. The van der Waals surface area contributed by atoms with Crippen molar-refractivity contribution in [3.63, 3.8) is 0 Å². The van der Waals surface area contributed by atoms with Crippen molar-refractivity contribution in [2.75, 3.05) is 5.32 Å². The van der Waals surface area contributed by atoms with Gasteiger partial charge in [-0.25, -0.2) is 9.78 Å². The van der Waals surface area contributed by atoms with Gasteiger partial charge in [-0.05, 0) is 43.0 Å². The third-order valence-electron chi connectivity index (χ3n) is 3.79. The van der Waals surface area contributed by atoms with Gasteiger partial charge in [-0.1, -0.05) is 43.6 Å². The van der Waals surface area contributed by atoms with E-state index < -0.39 is 12.1 Å². The van der Waals surface area contributed by atoms with Crippen molar-refractivity contribution in [2.24, 2.45) is 0 Å². The largest absolute Gasteiger partial charge is 0.449 e. The van der Waals surface area contributed by atoms with Crippen LogP contribution in [0.4, 0.5) is 5.69 Å². The molecule has 0 aliphatic rings. The number of hydrogen-bond donors (Lipinski definition) is 1. The summed E-state index contributed by atoms with van der Waals surface area (Å²) in [5.74, 6) is -0.750. The first-order chi connectivity index (χ1) is 11.8. The van der Waals surface area contributed by atoms with Crippen molar-refractivity contribution < 1.29 is 14.3 Å². The molecule has 1 atom stereocenters. The molecule has 0 radical (unpaired) electrons. The molecule has 25 heavy (non-hydrogen) atoms. The Morgan fingerprint density at radius 1 is 1.16 bits per heavy atom. The maximum Gasteiger partial charge on any atom is 0.340 e. The summed E-state index contributed by atoms with van der Waals surface area (Å²) < 4.78 is 5.22. The Hall–Kier alpha value is -2.40. The predicted molar refractivity (Wildman–Crippen MR) is 98.0 cm³/mol. The molecule has 2 rings (SSSR count). The molecule has 0 aliphatic heterocycles. The van der Waals surface area contributed by atoms with Crippen LogP contribution in [0.2, 0.25) is 5.15 Å². The monoisotopic (exact) mass is 360 g/mol. The summed E-state index contributed by atoms with van der Waals surface area (Å²) >= 11 is 5.69. The molecule has 0 unspecified atom stereocenters. The number of ether oxygens (including phenoxy) is 1. The quantitative estimate of drug-likeness (QED) is 0.635. The third kappa shape index (κ3) is 4.79. The van der Waals surface area contributed by atoms with Gasteiger partial charge >= 0.3 is 5.97 Å². The highest BCUT2D eigenvalue weighted by Gasteiger charge is 2.21. The van der Waals surface area contributed by atoms with Crippen LogP contribution in [0.3, 0.4) is 0 Å². The van der Waals surface area contributed by atoms with Gasteiger partial charge in [-0.2, -0.15) is 0 Å². The lowest BCUT2D eigenvalue weighted by atomic mass is 9.98. The molecule has 1 amide bonds. The molecule has 1 aromatic carbocycles. The number of halogens is 1. The first kappa shape index (κ1) is 18.9. The van der Waals surface area contributed by atoms with Crippen LogP contribution in [-0.4, -0.2) is 23.0 Å². The van der Waals surface area contributed by atoms with Crippen molar-refractivity contribution in [3.05, 3.63) is 58.4 Å². The average molecular weight is 361 g/mol.